The second-order valence-electron chi connectivity index (χ2n) is 2.93. The molecule has 0 radical (unpaired) electrons. The summed E-state index contributed by atoms with van der Waals surface area (Å²) in [4.78, 5) is 3.91. The summed E-state index contributed by atoms with van der Waals surface area (Å²) < 4.78 is 26.0. The summed E-state index contributed by atoms with van der Waals surface area (Å²) in [6, 6.07) is 0. The third kappa shape index (κ3) is 2.50. The fourth-order valence-corrected chi connectivity index (χ4v) is 4.60. The van der Waals surface area contributed by atoms with Gasteiger partial charge in [-0.3, -0.25) is 0 Å². The second-order valence-corrected chi connectivity index (χ2v) is 6.64. The van der Waals surface area contributed by atoms with Gasteiger partial charge in [0.05, 0.1) is 5.69 Å². The van der Waals surface area contributed by atoms with Crippen LogP contribution in [0, 0.1) is 6.92 Å². The first-order valence-electron chi connectivity index (χ1n) is 4.56. The predicted octanol–water partition coefficient (Wildman–Crippen LogP) is 2.14. The van der Waals surface area contributed by atoms with Crippen molar-refractivity contribution in [2.24, 2.45) is 0 Å². The zero-order valence-electron chi connectivity index (χ0n) is 8.82. The molecule has 1 aromatic rings. The second kappa shape index (κ2) is 4.78. The number of rotatable bonds is 4. The molecule has 0 spiro atoms. The fraction of sp³-hybridized carbons (Fsp3) is 0.625. The Morgan fingerprint density at radius 2 is 1.93 bits per heavy atom. The van der Waals surface area contributed by atoms with Crippen LogP contribution in [0.3, 0.4) is 0 Å². The van der Waals surface area contributed by atoms with Crippen LogP contribution in [0.1, 0.15) is 19.5 Å². The average Bonchev–Trinajstić information content (AvgIpc) is 2.47. The molecule has 0 fully saturated rings. The predicted molar refractivity (Wildman–Crippen MR) is 62.0 cm³/mol. The first-order valence-corrected chi connectivity index (χ1v) is 7.20. The smallest absolute Gasteiger partial charge is 0.229 e. The van der Waals surface area contributed by atoms with Crippen molar-refractivity contribution in [1.82, 2.24) is 9.29 Å². The number of nitrogens with zero attached hydrogens (tertiary/aromatic N) is 2. The Morgan fingerprint density at radius 3 is 2.27 bits per heavy atom. The molecule has 1 rings (SSSR count). The van der Waals surface area contributed by atoms with Crippen LogP contribution in [0.4, 0.5) is 0 Å². The zero-order valence-corrected chi connectivity index (χ0v) is 11.2. The summed E-state index contributed by atoms with van der Waals surface area (Å²) >= 11 is 6.69. The Labute approximate surface area is 98.9 Å². The third-order valence-corrected chi connectivity index (χ3v) is 5.91. The molecule has 0 N–H and O–H groups in total. The van der Waals surface area contributed by atoms with E-state index >= 15 is 0 Å². The van der Waals surface area contributed by atoms with Gasteiger partial charge in [0.1, 0.15) is 0 Å². The minimum Gasteiger partial charge on any atom is -0.229 e. The molecule has 0 aliphatic rings. The average molecular weight is 269 g/mol. The number of aromatic nitrogens is 1. The van der Waals surface area contributed by atoms with Crippen molar-refractivity contribution in [3.8, 4) is 0 Å². The zero-order chi connectivity index (χ0) is 11.6. The highest BCUT2D eigenvalue weighted by Crippen LogP contribution is 2.29. The molecule has 0 aliphatic heterocycles. The number of halogens is 1. The number of sulfonamides is 1. The fourth-order valence-electron chi connectivity index (χ4n) is 1.27. The molecule has 4 nitrogen and oxygen atoms in total. The van der Waals surface area contributed by atoms with E-state index in [1.807, 2.05) is 0 Å². The van der Waals surface area contributed by atoms with Gasteiger partial charge < -0.3 is 0 Å². The van der Waals surface area contributed by atoms with E-state index in [4.69, 9.17) is 11.6 Å². The van der Waals surface area contributed by atoms with Gasteiger partial charge >= 0.3 is 0 Å². The Kier molecular flexibility index (Phi) is 4.11. The molecular weight excluding hydrogens is 256 g/mol. The SMILES string of the molecule is CCN(CC)S(=O)(=O)c1sc(Cl)nc1C. The highest BCUT2D eigenvalue weighted by molar-refractivity contribution is 7.91. The van der Waals surface area contributed by atoms with Gasteiger partial charge in [-0.1, -0.05) is 36.8 Å². The number of hydrogen-bond acceptors (Lipinski definition) is 4. The lowest BCUT2D eigenvalue weighted by molar-refractivity contribution is 0.446. The van der Waals surface area contributed by atoms with Crippen LogP contribution >= 0.6 is 22.9 Å². The van der Waals surface area contributed by atoms with E-state index in [0.29, 0.717) is 18.8 Å². The lowest BCUT2D eigenvalue weighted by atomic mass is 10.6. The molecular formula is C8H13ClN2O2S2. The Bertz CT molecular complexity index is 437. The topological polar surface area (TPSA) is 50.3 Å². The summed E-state index contributed by atoms with van der Waals surface area (Å²) in [5, 5.41) is 0. The van der Waals surface area contributed by atoms with Crippen LogP contribution in [0.5, 0.6) is 0 Å². The number of hydrogen-bond donors (Lipinski definition) is 0. The van der Waals surface area contributed by atoms with Gasteiger partial charge in [-0.25, -0.2) is 13.4 Å². The van der Waals surface area contributed by atoms with Crippen molar-refractivity contribution < 1.29 is 8.42 Å². The minimum absolute atomic E-state index is 0.246. The largest absolute Gasteiger partial charge is 0.254 e. The van der Waals surface area contributed by atoms with Gasteiger partial charge in [0.2, 0.25) is 0 Å². The minimum atomic E-state index is -3.41. The monoisotopic (exact) mass is 268 g/mol. The van der Waals surface area contributed by atoms with Gasteiger partial charge in [0, 0.05) is 13.1 Å². The van der Waals surface area contributed by atoms with Crippen LogP contribution < -0.4 is 0 Å². The van der Waals surface area contributed by atoms with E-state index in [9.17, 15) is 8.42 Å². The number of aryl methyl sites for hydroxylation is 1. The Balaban J connectivity index is 3.22. The third-order valence-electron chi connectivity index (χ3n) is 2.01. The summed E-state index contributed by atoms with van der Waals surface area (Å²) in [6.45, 7) is 6.17. The van der Waals surface area contributed by atoms with E-state index in [1.165, 1.54) is 4.31 Å². The lowest BCUT2D eigenvalue weighted by Gasteiger charge is -2.17. The Morgan fingerprint density at radius 1 is 1.40 bits per heavy atom. The van der Waals surface area contributed by atoms with Crippen molar-refractivity contribution in [2.45, 2.75) is 25.0 Å². The van der Waals surface area contributed by atoms with Crippen molar-refractivity contribution in [1.29, 1.82) is 0 Å². The molecule has 0 atom stereocenters. The molecule has 0 saturated carbocycles. The molecule has 86 valence electrons. The highest BCUT2D eigenvalue weighted by Gasteiger charge is 2.26. The van der Waals surface area contributed by atoms with E-state index < -0.39 is 10.0 Å². The van der Waals surface area contributed by atoms with Gasteiger partial charge in [-0.15, -0.1) is 0 Å². The number of thiazole rings is 1. The molecule has 1 aromatic heterocycles. The van der Waals surface area contributed by atoms with E-state index in [0.717, 1.165) is 11.3 Å². The summed E-state index contributed by atoms with van der Waals surface area (Å²) in [5.41, 5.74) is 0.469. The Hall–Kier alpha value is -0.170. The highest BCUT2D eigenvalue weighted by atomic mass is 35.5. The quantitative estimate of drug-likeness (QED) is 0.841. The molecule has 0 saturated heterocycles. The van der Waals surface area contributed by atoms with Crippen LogP contribution in [0.25, 0.3) is 0 Å². The first-order chi connectivity index (χ1) is 6.93. The van der Waals surface area contributed by atoms with Crippen LogP contribution in [0.15, 0.2) is 4.21 Å². The molecule has 7 heteroatoms. The molecule has 0 unspecified atom stereocenters. The molecule has 0 aliphatic carbocycles. The lowest BCUT2D eigenvalue weighted by Crippen LogP contribution is -2.30. The van der Waals surface area contributed by atoms with Gasteiger partial charge in [-0.05, 0) is 6.92 Å². The maximum atomic E-state index is 12.1. The standard InChI is InChI=1S/C8H13ClN2O2S2/c1-4-11(5-2)15(12,13)7-6(3)10-8(9)14-7/h4-5H2,1-3H3. The summed E-state index contributed by atoms with van der Waals surface area (Å²) in [7, 11) is -3.41. The van der Waals surface area contributed by atoms with Crippen LogP contribution in [0.2, 0.25) is 4.47 Å². The van der Waals surface area contributed by atoms with Crippen molar-refractivity contribution in [2.75, 3.05) is 13.1 Å². The normalized spacial score (nSPS) is 12.3. The van der Waals surface area contributed by atoms with Crippen molar-refractivity contribution >= 4 is 33.0 Å². The van der Waals surface area contributed by atoms with Gasteiger partial charge in [0.25, 0.3) is 10.0 Å². The molecule has 0 bridgehead atoms. The van der Waals surface area contributed by atoms with Crippen LogP contribution in [-0.2, 0) is 10.0 Å². The van der Waals surface area contributed by atoms with Gasteiger partial charge in [-0.2, -0.15) is 4.31 Å². The van der Waals surface area contributed by atoms with E-state index in [2.05, 4.69) is 4.98 Å². The summed E-state index contributed by atoms with van der Waals surface area (Å²) in [6.07, 6.45) is 0. The van der Waals surface area contributed by atoms with Gasteiger partial charge in [0.15, 0.2) is 8.68 Å². The van der Waals surface area contributed by atoms with Crippen molar-refractivity contribution in [3.05, 3.63) is 10.2 Å². The van der Waals surface area contributed by atoms with E-state index in [-0.39, 0.29) is 8.68 Å². The first kappa shape index (κ1) is 12.9. The molecule has 0 amide bonds. The molecule has 0 aromatic carbocycles. The maximum absolute atomic E-state index is 12.1. The van der Waals surface area contributed by atoms with Crippen molar-refractivity contribution in [3.63, 3.8) is 0 Å². The molecule has 15 heavy (non-hydrogen) atoms. The summed E-state index contributed by atoms with van der Waals surface area (Å²) in [5.74, 6) is 0. The maximum Gasteiger partial charge on any atom is 0.254 e. The van der Waals surface area contributed by atoms with E-state index in [1.54, 1.807) is 20.8 Å². The van der Waals surface area contributed by atoms with Crippen LogP contribution in [-0.4, -0.2) is 30.8 Å². The molecule has 1 heterocycles.